The van der Waals surface area contributed by atoms with Crippen molar-refractivity contribution in [3.8, 4) is 16.9 Å². The van der Waals surface area contributed by atoms with Crippen molar-refractivity contribution in [2.24, 2.45) is 0 Å². The molecule has 2 aliphatic rings. The maximum Gasteiger partial charge on any atom is 0.416 e. The molecule has 0 N–H and O–H groups in total. The summed E-state index contributed by atoms with van der Waals surface area (Å²) in [7, 11) is 1.33. The molecule has 12 heteroatoms. The number of hydrogen-bond donors (Lipinski definition) is 0. The monoisotopic (exact) mass is 659 g/mol. The normalized spacial score (nSPS) is 17.0. The highest BCUT2D eigenvalue weighted by atomic mass is 32.2. The molecule has 4 aromatic rings. The van der Waals surface area contributed by atoms with E-state index in [2.05, 4.69) is 4.90 Å². The zero-order chi connectivity index (χ0) is 32.7. The number of aromatic nitrogens is 1. The maximum absolute atomic E-state index is 15.6. The summed E-state index contributed by atoms with van der Waals surface area (Å²) >= 11 is 1.42. The average Bonchev–Trinajstić information content (AvgIpc) is 3.45. The molecule has 0 bridgehead atoms. The van der Waals surface area contributed by atoms with Crippen LogP contribution in [-0.2, 0) is 12.6 Å². The van der Waals surface area contributed by atoms with Gasteiger partial charge < -0.3 is 9.64 Å². The molecule has 1 atom stereocenters. The summed E-state index contributed by atoms with van der Waals surface area (Å²) in [5, 5.41) is 0.588. The Kier molecular flexibility index (Phi) is 8.86. The minimum absolute atomic E-state index is 0.0342. The zero-order valence-corrected chi connectivity index (χ0v) is 26.0. The van der Waals surface area contributed by atoms with Crippen LogP contribution in [-0.4, -0.2) is 55.1 Å². The molecule has 1 aromatic heterocycles. The Balaban J connectivity index is 1.34. The van der Waals surface area contributed by atoms with E-state index in [1.807, 2.05) is 4.90 Å². The number of anilines is 1. The van der Waals surface area contributed by atoms with Crippen LogP contribution in [0.15, 0.2) is 70.5 Å². The molecule has 1 saturated heterocycles. The molecule has 1 unspecified atom stereocenters. The summed E-state index contributed by atoms with van der Waals surface area (Å²) in [6, 6.07) is 13.1. The predicted octanol–water partition coefficient (Wildman–Crippen LogP) is 7.33. The third-order valence-corrected chi connectivity index (χ3v) is 10.0. The summed E-state index contributed by atoms with van der Waals surface area (Å²) in [4.78, 5) is 18.3. The highest BCUT2D eigenvalue weighted by Gasteiger charge is 2.34. The molecule has 46 heavy (non-hydrogen) atoms. The lowest BCUT2D eigenvalue weighted by Gasteiger charge is -2.37. The van der Waals surface area contributed by atoms with E-state index < -0.39 is 34.8 Å². The van der Waals surface area contributed by atoms with Gasteiger partial charge in [-0.25, -0.2) is 13.2 Å². The van der Waals surface area contributed by atoms with Crippen LogP contribution < -0.4 is 15.2 Å². The molecule has 6 rings (SSSR count). The average molecular weight is 660 g/mol. The summed E-state index contributed by atoms with van der Waals surface area (Å²) in [6.07, 6.45) is -4.56. The second kappa shape index (κ2) is 12.7. The van der Waals surface area contributed by atoms with Crippen LogP contribution in [0.3, 0.4) is 0 Å². The number of thioether (sulfide) groups is 1. The van der Waals surface area contributed by atoms with E-state index in [0.717, 1.165) is 12.1 Å². The van der Waals surface area contributed by atoms with E-state index in [9.17, 15) is 26.7 Å². The van der Waals surface area contributed by atoms with Crippen LogP contribution in [0.25, 0.3) is 11.1 Å². The second-order valence-corrected chi connectivity index (χ2v) is 12.5. The number of nitrogens with zero attached hydrogens (tertiary/aromatic N) is 3. The Morgan fingerprint density at radius 1 is 0.913 bits per heavy atom. The minimum atomic E-state index is -4.43. The van der Waals surface area contributed by atoms with Crippen molar-refractivity contribution in [3.63, 3.8) is 0 Å². The molecule has 3 aromatic carbocycles. The van der Waals surface area contributed by atoms with Gasteiger partial charge in [0.2, 0.25) is 0 Å². The Bertz CT molecular complexity index is 1820. The number of halogens is 6. The molecular formula is C34H31F6N3O2S. The minimum Gasteiger partial charge on any atom is -0.494 e. The lowest BCUT2D eigenvalue weighted by atomic mass is 9.94. The highest BCUT2D eigenvalue weighted by molar-refractivity contribution is 7.99. The van der Waals surface area contributed by atoms with Crippen LogP contribution >= 0.6 is 11.8 Å². The van der Waals surface area contributed by atoms with Gasteiger partial charge in [-0.3, -0.25) is 14.3 Å². The molecule has 2 aliphatic heterocycles. The van der Waals surface area contributed by atoms with Crippen molar-refractivity contribution >= 4 is 17.4 Å². The zero-order valence-electron chi connectivity index (χ0n) is 25.1. The molecule has 0 radical (unpaired) electrons. The maximum atomic E-state index is 15.6. The van der Waals surface area contributed by atoms with Gasteiger partial charge in [0.05, 0.1) is 29.3 Å². The van der Waals surface area contributed by atoms with Crippen molar-refractivity contribution < 1.29 is 31.1 Å². The van der Waals surface area contributed by atoms with E-state index in [1.165, 1.54) is 55.3 Å². The number of ether oxygens (including phenoxy) is 1. The van der Waals surface area contributed by atoms with Crippen molar-refractivity contribution in [2.75, 3.05) is 50.5 Å². The number of rotatable bonds is 7. The van der Waals surface area contributed by atoms with Crippen LogP contribution in [0.4, 0.5) is 32.0 Å². The molecule has 5 nitrogen and oxygen atoms in total. The molecule has 3 heterocycles. The van der Waals surface area contributed by atoms with E-state index in [4.69, 9.17) is 4.74 Å². The fourth-order valence-electron chi connectivity index (χ4n) is 6.33. The summed E-state index contributed by atoms with van der Waals surface area (Å²) < 4.78 is 91.9. The molecule has 0 spiro atoms. The van der Waals surface area contributed by atoms with Gasteiger partial charge in [-0.15, -0.1) is 11.8 Å². The Hall–Kier alpha value is -3.90. The van der Waals surface area contributed by atoms with Crippen molar-refractivity contribution in [3.05, 3.63) is 111 Å². The lowest BCUT2D eigenvalue weighted by Crippen LogP contribution is -2.48. The molecule has 0 saturated carbocycles. The van der Waals surface area contributed by atoms with E-state index in [1.54, 1.807) is 23.6 Å². The second-order valence-electron chi connectivity index (χ2n) is 11.5. The highest BCUT2D eigenvalue weighted by Crippen LogP contribution is 2.41. The van der Waals surface area contributed by atoms with Gasteiger partial charge in [-0.1, -0.05) is 24.3 Å². The van der Waals surface area contributed by atoms with E-state index >= 15 is 4.39 Å². The van der Waals surface area contributed by atoms with Crippen LogP contribution in [0.1, 0.15) is 28.3 Å². The Morgan fingerprint density at radius 3 is 2.26 bits per heavy atom. The quantitative estimate of drug-likeness (QED) is 0.194. The topological polar surface area (TPSA) is 37.7 Å². The molecule has 0 amide bonds. The smallest absolute Gasteiger partial charge is 0.416 e. The number of benzene rings is 3. The van der Waals surface area contributed by atoms with Crippen molar-refractivity contribution in [1.29, 1.82) is 0 Å². The number of alkyl halides is 3. The van der Waals surface area contributed by atoms with Gasteiger partial charge in [-0.05, 0) is 54.4 Å². The van der Waals surface area contributed by atoms with Gasteiger partial charge in [0.15, 0.2) is 11.6 Å². The number of pyridine rings is 1. The third-order valence-electron chi connectivity index (χ3n) is 8.76. The predicted molar refractivity (Wildman–Crippen MR) is 166 cm³/mol. The number of fused-ring (bicyclic) bond motifs is 1. The van der Waals surface area contributed by atoms with Gasteiger partial charge in [-0.2, -0.15) is 13.2 Å². The SMILES string of the molecule is COc1cccc(-c2c(C)c(Cc3c(F)cccc3F)c3n(c2=O)C(CN2CCN(c4cccc(C(F)(F)F)c4)CC2)CS3)c1F. The summed E-state index contributed by atoms with van der Waals surface area (Å²) in [5.74, 6) is -1.65. The van der Waals surface area contributed by atoms with E-state index in [-0.39, 0.29) is 34.9 Å². The molecule has 242 valence electrons. The van der Waals surface area contributed by atoms with E-state index in [0.29, 0.717) is 60.3 Å². The first-order valence-corrected chi connectivity index (χ1v) is 15.8. The third kappa shape index (κ3) is 6.00. The van der Waals surface area contributed by atoms with Crippen LogP contribution in [0, 0.1) is 24.4 Å². The largest absolute Gasteiger partial charge is 0.494 e. The van der Waals surface area contributed by atoms with Gasteiger partial charge in [0, 0.05) is 61.7 Å². The standard InChI is InChI=1S/C34H31F6N3O2S/c1-20-25(17-26-27(35)9-5-10-28(26)36)33-43(32(44)30(20)24-8-4-11-29(45-2)31(24)37)23(19-46-33)18-41-12-14-42(15-13-41)22-7-3-6-21(16-22)34(38,39)40/h3-11,16,23H,12-15,17-19H2,1-2H3. The molecular weight excluding hydrogens is 628 g/mol. The Morgan fingerprint density at radius 2 is 1.59 bits per heavy atom. The van der Waals surface area contributed by atoms with Gasteiger partial charge in [0.1, 0.15) is 11.6 Å². The fraction of sp³-hybridized carbons (Fsp3) is 0.324. The summed E-state index contributed by atoms with van der Waals surface area (Å²) in [6.45, 7) is 4.23. The van der Waals surface area contributed by atoms with Crippen LogP contribution in [0.2, 0.25) is 0 Å². The van der Waals surface area contributed by atoms with Crippen molar-refractivity contribution in [2.45, 2.75) is 30.6 Å². The Labute approximate surface area is 266 Å². The summed E-state index contributed by atoms with van der Waals surface area (Å²) in [5.41, 5.74) is 0.381. The van der Waals surface area contributed by atoms with Gasteiger partial charge in [0.25, 0.3) is 5.56 Å². The molecule has 0 aliphatic carbocycles. The lowest BCUT2D eigenvalue weighted by molar-refractivity contribution is -0.137. The first kappa shape index (κ1) is 32.1. The number of piperazine rings is 1. The first-order chi connectivity index (χ1) is 22.0. The number of hydrogen-bond acceptors (Lipinski definition) is 5. The van der Waals surface area contributed by atoms with Gasteiger partial charge >= 0.3 is 6.18 Å². The first-order valence-electron chi connectivity index (χ1n) is 14.8. The fourth-order valence-corrected chi connectivity index (χ4v) is 7.71. The van der Waals surface area contributed by atoms with Crippen molar-refractivity contribution in [1.82, 2.24) is 9.47 Å². The van der Waals surface area contributed by atoms with Crippen LogP contribution in [0.5, 0.6) is 5.75 Å². The molecule has 1 fully saturated rings. The number of methoxy groups -OCH3 is 1.